The molecular weight excluding hydrogens is 245 g/mol. The standard InChI is InChI=1S/C15H22FNS/c16-13-6-5-9-15(12-13)18-11-10-17-14-7-3-1-2-4-8-14/h5-6,9,12,14,17H,1-4,7-8,10-11H2. The Labute approximate surface area is 114 Å². The molecule has 0 unspecified atom stereocenters. The van der Waals surface area contributed by atoms with Crippen LogP contribution < -0.4 is 5.32 Å². The van der Waals surface area contributed by atoms with Crippen LogP contribution in [0.2, 0.25) is 0 Å². The molecule has 0 spiro atoms. The van der Waals surface area contributed by atoms with Crippen LogP contribution in [0.15, 0.2) is 29.2 Å². The second-order valence-corrected chi connectivity index (χ2v) is 6.12. The topological polar surface area (TPSA) is 12.0 Å². The summed E-state index contributed by atoms with van der Waals surface area (Å²) >= 11 is 1.73. The minimum atomic E-state index is -0.142. The van der Waals surface area contributed by atoms with Gasteiger partial charge in [0.15, 0.2) is 0 Å². The Bertz CT molecular complexity index is 348. The zero-order valence-corrected chi connectivity index (χ0v) is 11.6. The van der Waals surface area contributed by atoms with Crippen LogP contribution in [0.25, 0.3) is 0 Å². The molecule has 0 aliphatic heterocycles. The molecule has 1 N–H and O–H groups in total. The molecule has 0 saturated heterocycles. The molecule has 1 nitrogen and oxygen atoms in total. The maximum absolute atomic E-state index is 13.0. The summed E-state index contributed by atoms with van der Waals surface area (Å²) in [6, 6.07) is 7.56. The van der Waals surface area contributed by atoms with Crippen molar-refractivity contribution in [2.75, 3.05) is 12.3 Å². The van der Waals surface area contributed by atoms with Crippen LogP contribution in [-0.2, 0) is 0 Å². The predicted molar refractivity (Wildman–Crippen MR) is 76.6 cm³/mol. The van der Waals surface area contributed by atoms with E-state index in [1.54, 1.807) is 23.9 Å². The van der Waals surface area contributed by atoms with Gasteiger partial charge < -0.3 is 5.32 Å². The molecule has 2 rings (SSSR count). The van der Waals surface area contributed by atoms with E-state index in [-0.39, 0.29) is 5.82 Å². The summed E-state index contributed by atoms with van der Waals surface area (Å²) in [5.41, 5.74) is 0. The Morgan fingerprint density at radius 2 is 1.94 bits per heavy atom. The normalized spacial score (nSPS) is 17.6. The van der Waals surface area contributed by atoms with Gasteiger partial charge in [-0.25, -0.2) is 4.39 Å². The lowest BCUT2D eigenvalue weighted by molar-refractivity contribution is 0.474. The number of hydrogen-bond donors (Lipinski definition) is 1. The molecule has 1 aromatic carbocycles. The van der Waals surface area contributed by atoms with Gasteiger partial charge in [0.05, 0.1) is 0 Å². The monoisotopic (exact) mass is 267 g/mol. The summed E-state index contributed by atoms with van der Waals surface area (Å²) < 4.78 is 13.0. The highest BCUT2D eigenvalue weighted by atomic mass is 32.2. The summed E-state index contributed by atoms with van der Waals surface area (Å²) in [6.07, 6.45) is 8.19. The van der Waals surface area contributed by atoms with E-state index in [0.29, 0.717) is 6.04 Å². The van der Waals surface area contributed by atoms with Crippen molar-refractivity contribution in [3.05, 3.63) is 30.1 Å². The van der Waals surface area contributed by atoms with Crippen molar-refractivity contribution in [3.8, 4) is 0 Å². The molecule has 0 amide bonds. The molecule has 0 bridgehead atoms. The van der Waals surface area contributed by atoms with Gasteiger partial charge in [-0.1, -0.05) is 31.7 Å². The number of halogens is 1. The van der Waals surface area contributed by atoms with Crippen LogP contribution in [0.5, 0.6) is 0 Å². The van der Waals surface area contributed by atoms with Gasteiger partial charge in [-0.2, -0.15) is 0 Å². The third kappa shape index (κ3) is 4.99. The lowest BCUT2D eigenvalue weighted by atomic mass is 10.1. The van der Waals surface area contributed by atoms with Crippen molar-refractivity contribution >= 4 is 11.8 Å². The van der Waals surface area contributed by atoms with Crippen molar-refractivity contribution in [1.29, 1.82) is 0 Å². The fourth-order valence-corrected chi connectivity index (χ4v) is 3.30. The molecule has 1 aliphatic rings. The quantitative estimate of drug-likeness (QED) is 0.487. The Morgan fingerprint density at radius 3 is 2.67 bits per heavy atom. The molecule has 3 heteroatoms. The van der Waals surface area contributed by atoms with Crippen LogP contribution in [0.3, 0.4) is 0 Å². The van der Waals surface area contributed by atoms with Crippen LogP contribution in [0.1, 0.15) is 38.5 Å². The van der Waals surface area contributed by atoms with Gasteiger partial charge in [0, 0.05) is 23.2 Å². The number of rotatable bonds is 5. The lowest BCUT2D eigenvalue weighted by Gasteiger charge is -2.15. The molecule has 0 atom stereocenters. The van der Waals surface area contributed by atoms with Crippen molar-refractivity contribution in [3.63, 3.8) is 0 Å². The minimum absolute atomic E-state index is 0.142. The maximum atomic E-state index is 13.0. The molecule has 1 fully saturated rings. The van der Waals surface area contributed by atoms with E-state index in [9.17, 15) is 4.39 Å². The fraction of sp³-hybridized carbons (Fsp3) is 0.600. The zero-order chi connectivity index (χ0) is 12.6. The van der Waals surface area contributed by atoms with Crippen LogP contribution in [-0.4, -0.2) is 18.3 Å². The highest BCUT2D eigenvalue weighted by Gasteiger charge is 2.10. The van der Waals surface area contributed by atoms with E-state index in [4.69, 9.17) is 0 Å². The Hall–Kier alpha value is -0.540. The number of hydrogen-bond acceptors (Lipinski definition) is 2. The van der Waals surface area contributed by atoms with Gasteiger partial charge in [-0.15, -0.1) is 11.8 Å². The minimum Gasteiger partial charge on any atom is -0.313 e. The van der Waals surface area contributed by atoms with Gasteiger partial charge in [-0.05, 0) is 31.0 Å². The fourth-order valence-electron chi connectivity index (χ4n) is 2.47. The molecule has 1 saturated carbocycles. The average molecular weight is 267 g/mol. The molecule has 100 valence electrons. The smallest absolute Gasteiger partial charge is 0.124 e. The van der Waals surface area contributed by atoms with Gasteiger partial charge in [0.1, 0.15) is 5.82 Å². The Morgan fingerprint density at radius 1 is 1.17 bits per heavy atom. The third-order valence-electron chi connectivity index (χ3n) is 3.46. The summed E-state index contributed by atoms with van der Waals surface area (Å²) in [5, 5.41) is 3.63. The second-order valence-electron chi connectivity index (χ2n) is 4.95. The molecule has 0 radical (unpaired) electrons. The third-order valence-corrected chi connectivity index (χ3v) is 4.45. The Kier molecular flexibility index (Phi) is 6.01. The molecule has 1 aromatic rings. The van der Waals surface area contributed by atoms with E-state index in [2.05, 4.69) is 5.32 Å². The molecule has 18 heavy (non-hydrogen) atoms. The van der Waals surface area contributed by atoms with E-state index >= 15 is 0 Å². The largest absolute Gasteiger partial charge is 0.313 e. The zero-order valence-electron chi connectivity index (χ0n) is 10.8. The first kappa shape index (κ1) is 13.9. The summed E-state index contributed by atoms with van der Waals surface area (Å²) in [4.78, 5) is 1.03. The predicted octanol–water partition coefficient (Wildman–Crippen LogP) is 4.23. The summed E-state index contributed by atoms with van der Waals surface area (Å²) in [7, 11) is 0. The lowest BCUT2D eigenvalue weighted by Crippen LogP contribution is -2.30. The van der Waals surface area contributed by atoms with Gasteiger partial charge in [-0.3, -0.25) is 0 Å². The van der Waals surface area contributed by atoms with E-state index < -0.39 is 0 Å². The first-order chi connectivity index (χ1) is 8.84. The molecule has 0 aromatic heterocycles. The highest BCUT2D eigenvalue weighted by Crippen LogP contribution is 2.19. The first-order valence-corrected chi connectivity index (χ1v) is 7.95. The molecule has 1 aliphatic carbocycles. The van der Waals surface area contributed by atoms with E-state index in [1.165, 1.54) is 44.6 Å². The van der Waals surface area contributed by atoms with Crippen LogP contribution >= 0.6 is 11.8 Å². The van der Waals surface area contributed by atoms with Crippen molar-refractivity contribution < 1.29 is 4.39 Å². The average Bonchev–Trinajstić information content (AvgIpc) is 2.63. The van der Waals surface area contributed by atoms with Crippen molar-refractivity contribution in [2.45, 2.75) is 49.5 Å². The van der Waals surface area contributed by atoms with Crippen LogP contribution in [0.4, 0.5) is 4.39 Å². The number of thioether (sulfide) groups is 1. The Balaban J connectivity index is 1.63. The first-order valence-electron chi connectivity index (χ1n) is 6.96. The summed E-state index contributed by atoms with van der Waals surface area (Å²) in [6.45, 7) is 1.02. The van der Waals surface area contributed by atoms with Crippen molar-refractivity contribution in [2.24, 2.45) is 0 Å². The van der Waals surface area contributed by atoms with E-state index in [0.717, 1.165) is 17.2 Å². The van der Waals surface area contributed by atoms with Crippen LogP contribution in [0, 0.1) is 5.82 Å². The van der Waals surface area contributed by atoms with Crippen molar-refractivity contribution in [1.82, 2.24) is 5.32 Å². The number of benzene rings is 1. The number of nitrogens with one attached hydrogen (secondary N) is 1. The summed E-state index contributed by atoms with van der Waals surface area (Å²) in [5.74, 6) is 0.872. The maximum Gasteiger partial charge on any atom is 0.124 e. The van der Waals surface area contributed by atoms with Gasteiger partial charge >= 0.3 is 0 Å². The SMILES string of the molecule is Fc1cccc(SCCNC2CCCCCC2)c1. The molecule has 0 heterocycles. The highest BCUT2D eigenvalue weighted by molar-refractivity contribution is 7.99. The second kappa shape index (κ2) is 7.80. The molecular formula is C15H22FNS. The van der Waals surface area contributed by atoms with Gasteiger partial charge in [0.25, 0.3) is 0 Å². The van der Waals surface area contributed by atoms with E-state index in [1.807, 2.05) is 6.07 Å². The van der Waals surface area contributed by atoms with Gasteiger partial charge in [0.2, 0.25) is 0 Å².